The minimum atomic E-state index is -0.418. The lowest BCUT2D eigenvalue weighted by Crippen LogP contribution is -2.39. The molecular weight excluding hydrogens is 327 g/mol. The quantitative estimate of drug-likeness (QED) is 0.816. The van der Waals surface area contributed by atoms with Crippen molar-refractivity contribution in [3.63, 3.8) is 0 Å². The fourth-order valence-electron chi connectivity index (χ4n) is 3.37. The van der Waals surface area contributed by atoms with Gasteiger partial charge in [-0.15, -0.1) is 12.4 Å². The highest BCUT2D eigenvalue weighted by atomic mass is 35.5. The van der Waals surface area contributed by atoms with Crippen molar-refractivity contribution in [2.45, 2.75) is 45.4 Å². The molecule has 2 rings (SSSR count). The van der Waals surface area contributed by atoms with E-state index in [1.54, 1.807) is 12.1 Å². The number of hydrogen-bond acceptors (Lipinski definition) is 2. The Morgan fingerprint density at radius 1 is 1.33 bits per heavy atom. The van der Waals surface area contributed by atoms with E-state index in [0.29, 0.717) is 30.4 Å². The van der Waals surface area contributed by atoms with Crippen molar-refractivity contribution in [1.82, 2.24) is 10.6 Å². The second-order valence-corrected chi connectivity index (χ2v) is 7.41. The average Bonchev–Trinajstić information content (AvgIpc) is 2.54. The molecule has 0 bridgehead atoms. The maximum absolute atomic E-state index is 13.9. The van der Waals surface area contributed by atoms with Crippen LogP contribution < -0.4 is 10.6 Å². The number of nitrogens with one attached hydrogen (secondary N) is 2. The average molecular weight is 357 g/mol. The lowest BCUT2D eigenvalue weighted by Gasteiger charge is -2.29. The van der Waals surface area contributed by atoms with E-state index < -0.39 is 5.41 Å². The van der Waals surface area contributed by atoms with Crippen LogP contribution in [0.4, 0.5) is 4.39 Å². The molecule has 1 aromatic rings. The summed E-state index contributed by atoms with van der Waals surface area (Å²) in [6.45, 7) is 8.64. The summed E-state index contributed by atoms with van der Waals surface area (Å²) in [6, 6.07) is 6.78. The summed E-state index contributed by atoms with van der Waals surface area (Å²) >= 11 is 0. The van der Waals surface area contributed by atoms with Gasteiger partial charge in [0.25, 0.3) is 0 Å². The third kappa shape index (κ3) is 5.75. The third-order valence-electron chi connectivity index (χ3n) is 5.03. The molecule has 3 nitrogen and oxygen atoms in total. The number of benzene rings is 1. The van der Waals surface area contributed by atoms with Crippen LogP contribution in [-0.4, -0.2) is 25.5 Å². The SMILES string of the molecule is CC(CC(=O)NCC(C)(C)c1ccccc1F)C1CCNCC1.Cl. The molecule has 0 aromatic heterocycles. The van der Waals surface area contributed by atoms with Crippen LogP contribution in [0.25, 0.3) is 0 Å². The molecule has 136 valence electrons. The Labute approximate surface area is 151 Å². The predicted molar refractivity (Wildman–Crippen MR) is 99.1 cm³/mol. The van der Waals surface area contributed by atoms with Crippen LogP contribution in [0.5, 0.6) is 0 Å². The Bertz CT molecular complexity index is 530. The number of carbonyl (C=O) groups is 1. The molecule has 1 fully saturated rings. The normalized spacial score (nSPS) is 17.0. The van der Waals surface area contributed by atoms with Crippen molar-refractivity contribution in [3.05, 3.63) is 35.6 Å². The molecular formula is C19H30ClFN2O. The number of rotatable bonds is 6. The maximum atomic E-state index is 13.9. The van der Waals surface area contributed by atoms with Crippen molar-refractivity contribution in [2.75, 3.05) is 19.6 Å². The van der Waals surface area contributed by atoms with Gasteiger partial charge in [-0.25, -0.2) is 4.39 Å². The second kappa shape index (κ2) is 9.38. The molecule has 2 N–H and O–H groups in total. The van der Waals surface area contributed by atoms with E-state index in [2.05, 4.69) is 17.6 Å². The summed E-state index contributed by atoms with van der Waals surface area (Å²) in [4.78, 5) is 12.2. The standard InChI is InChI=1S/C19H29FN2O.ClH/c1-14(15-8-10-21-11-9-15)12-18(23)22-13-19(2,3)16-6-4-5-7-17(16)20;/h4-7,14-15,21H,8-13H2,1-3H3,(H,22,23);1H. The first-order valence-electron chi connectivity index (χ1n) is 8.62. The Morgan fingerprint density at radius 2 is 1.96 bits per heavy atom. The molecule has 1 aromatic carbocycles. The van der Waals surface area contributed by atoms with Gasteiger partial charge >= 0.3 is 0 Å². The Kier molecular flexibility index (Phi) is 8.17. The highest BCUT2D eigenvalue weighted by molar-refractivity contribution is 5.85. The van der Waals surface area contributed by atoms with Gasteiger partial charge in [-0.2, -0.15) is 0 Å². The molecule has 1 unspecified atom stereocenters. The number of carbonyl (C=O) groups excluding carboxylic acids is 1. The molecule has 24 heavy (non-hydrogen) atoms. The molecule has 1 atom stereocenters. The van der Waals surface area contributed by atoms with E-state index in [1.807, 2.05) is 19.9 Å². The van der Waals surface area contributed by atoms with Crippen molar-refractivity contribution in [2.24, 2.45) is 11.8 Å². The molecule has 0 aliphatic carbocycles. The van der Waals surface area contributed by atoms with Gasteiger partial charge in [0, 0.05) is 18.4 Å². The Hall–Kier alpha value is -1.13. The third-order valence-corrected chi connectivity index (χ3v) is 5.03. The smallest absolute Gasteiger partial charge is 0.220 e. The molecule has 0 radical (unpaired) electrons. The topological polar surface area (TPSA) is 41.1 Å². The van der Waals surface area contributed by atoms with Crippen LogP contribution in [0.1, 0.15) is 45.6 Å². The van der Waals surface area contributed by atoms with Gasteiger partial charge in [-0.3, -0.25) is 4.79 Å². The predicted octanol–water partition coefficient (Wildman–Crippen LogP) is 3.67. The van der Waals surface area contributed by atoms with Gasteiger partial charge in [0.15, 0.2) is 0 Å². The first kappa shape index (κ1) is 20.9. The summed E-state index contributed by atoms with van der Waals surface area (Å²) in [5, 5.41) is 6.35. The van der Waals surface area contributed by atoms with E-state index in [9.17, 15) is 9.18 Å². The molecule has 1 aliphatic heterocycles. The largest absolute Gasteiger partial charge is 0.355 e. The molecule has 0 saturated carbocycles. The zero-order chi connectivity index (χ0) is 16.9. The number of hydrogen-bond donors (Lipinski definition) is 2. The Balaban J connectivity index is 0.00000288. The Morgan fingerprint density at radius 3 is 2.58 bits per heavy atom. The minimum Gasteiger partial charge on any atom is -0.355 e. The van der Waals surface area contributed by atoms with Gasteiger partial charge in [0.05, 0.1) is 0 Å². The van der Waals surface area contributed by atoms with Gasteiger partial charge in [-0.05, 0) is 49.4 Å². The maximum Gasteiger partial charge on any atom is 0.220 e. The number of piperidine rings is 1. The van der Waals surface area contributed by atoms with E-state index >= 15 is 0 Å². The van der Waals surface area contributed by atoms with Crippen LogP contribution >= 0.6 is 12.4 Å². The fraction of sp³-hybridized carbons (Fsp3) is 0.632. The van der Waals surface area contributed by atoms with Gasteiger partial charge in [-0.1, -0.05) is 39.0 Å². The van der Waals surface area contributed by atoms with Crippen LogP contribution in [0.15, 0.2) is 24.3 Å². The minimum absolute atomic E-state index is 0. The van der Waals surface area contributed by atoms with Crippen LogP contribution in [0.2, 0.25) is 0 Å². The van der Waals surface area contributed by atoms with Crippen molar-refractivity contribution in [3.8, 4) is 0 Å². The summed E-state index contributed by atoms with van der Waals surface area (Å²) in [5.41, 5.74) is 0.227. The van der Waals surface area contributed by atoms with E-state index in [-0.39, 0.29) is 24.1 Å². The number of amides is 1. The molecule has 1 heterocycles. The lowest BCUT2D eigenvalue weighted by atomic mass is 9.83. The zero-order valence-electron chi connectivity index (χ0n) is 14.9. The van der Waals surface area contributed by atoms with Crippen LogP contribution in [0, 0.1) is 17.7 Å². The van der Waals surface area contributed by atoms with Gasteiger partial charge in [0.1, 0.15) is 5.82 Å². The van der Waals surface area contributed by atoms with Crippen molar-refractivity contribution in [1.29, 1.82) is 0 Å². The van der Waals surface area contributed by atoms with Crippen LogP contribution in [-0.2, 0) is 10.2 Å². The van der Waals surface area contributed by atoms with Gasteiger partial charge < -0.3 is 10.6 Å². The van der Waals surface area contributed by atoms with Gasteiger partial charge in [0.2, 0.25) is 5.91 Å². The van der Waals surface area contributed by atoms with E-state index in [1.165, 1.54) is 6.07 Å². The summed E-state index contributed by atoms with van der Waals surface area (Å²) < 4.78 is 13.9. The van der Waals surface area contributed by atoms with E-state index in [4.69, 9.17) is 0 Å². The first-order chi connectivity index (χ1) is 10.9. The summed E-state index contributed by atoms with van der Waals surface area (Å²) in [7, 11) is 0. The van der Waals surface area contributed by atoms with Crippen LogP contribution in [0.3, 0.4) is 0 Å². The summed E-state index contributed by atoms with van der Waals surface area (Å²) in [6.07, 6.45) is 2.85. The first-order valence-corrected chi connectivity index (χ1v) is 8.62. The molecule has 0 spiro atoms. The summed E-state index contributed by atoms with van der Waals surface area (Å²) in [5.74, 6) is 0.880. The molecule has 5 heteroatoms. The van der Waals surface area contributed by atoms with E-state index in [0.717, 1.165) is 25.9 Å². The lowest BCUT2D eigenvalue weighted by molar-refractivity contribution is -0.122. The highest BCUT2D eigenvalue weighted by Gasteiger charge is 2.26. The highest BCUT2D eigenvalue weighted by Crippen LogP contribution is 2.26. The molecule has 1 saturated heterocycles. The molecule has 1 amide bonds. The second-order valence-electron chi connectivity index (χ2n) is 7.41. The monoisotopic (exact) mass is 356 g/mol. The van der Waals surface area contributed by atoms with Crippen molar-refractivity contribution >= 4 is 18.3 Å². The fourth-order valence-corrected chi connectivity index (χ4v) is 3.37. The number of halogens is 2. The van der Waals surface area contributed by atoms with Crippen molar-refractivity contribution < 1.29 is 9.18 Å². The zero-order valence-corrected chi connectivity index (χ0v) is 15.7. The molecule has 1 aliphatic rings.